The predicted octanol–water partition coefficient (Wildman–Crippen LogP) is 0.694. The number of nitrogens with zero attached hydrogens (tertiary/aromatic N) is 1. The smallest absolute Gasteiger partial charge is 0.256 e. The topological polar surface area (TPSA) is 92.6 Å². The van der Waals surface area contributed by atoms with E-state index in [1.54, 1.807) is 23.1 Å². The molecule has 0 aromatic heterocycles. The molecular formula is C13H19N3O2. The van der Waals surface area contributed by atoms with E-state index in [0.29, 0.717) is 30.0 Å². The summed E-state index contributed by atoms with van der Waals surface area (Å²) in [4.78, 5) is 13.8. The van der Waals surface area contributed by atoms with Gasteiger partial charge >= 0.3 is 0 Å². The van der Waals surface area contributed by atoms with Crippen molar-refractivity contribution in [1.29, 1.82) is 0 Å². The van der Waals surface area contributed by atoms with Crippen LogP contribution in [0.5, 0.6) is 0 Å². The molecule has 0 saturated carbocycles. The molecule has 0 atom stereocenters. The second-order valence-corrected chi connectivity index (χ2v) is 5.27. The predicted molar refractivity (Wildman–Crippen MR) is 71.0 cm³/mol. The highest BCUT2D eigenvalue weighted by atomic mass is 16.3. The van der Waals surface area contributed by atoms with Crippen molar-refractivity contribution in [2.24, 2.45) is 5.92 Å². The Balaban J connectivity index is 2.11. The van der Waals surface area contributed by atoms with Crippen LogP contribution in [0.4, 0.5) is 11.4 Å². The molecule has 5 heteroatoms. The van der Waals surface area contributed by atoms with Crippen LogP contribution in [0.3, 0.4) is 0 Å². The molecule has 0 aliphatic carbocycles. The van der Waals surface area contributed by atoms with Crippen molar-refractivity contribution >= 4 is 17.3 Å². The maximum Gasteiger partial charge on any atom is 0.256 e. The molecule has 1 aromatic carbocycles. The van der Waals surface area contributed by atoms with Crippen LogP contribution >= 0.6 is 0 Å². The van der Waals surface area contributed by atoms with E-state index in [0.717, 1.165) is 0 Å². The molecule has 1 aromatic rings. The average molecular weight is 249 g/mol. The summed E-state index contributed by atoms with van der Waals surface area (Å²) < 4.78 is 0. The average Bonchev–Trinajstić information content (AvgIpc) is 2.23. The molecule has 5 N–H and O–H groups in total. The highest BCUT2D eigenvalue weighted by Gasteiger charge is 2.46. The lowest BCUT2D eigenvalue weighted by molar-refractivity contribution is -0.110. The fourth-order valence-electron chi connectivity index (χ4n) is 2.07. The SMILES string of the molecule is CC(C)C1(O)CN(C(=O)c2ccc(N)cc2N)C1. The van der Waals surface area contributed by atoms with Crippen LogP contribution in [0, 0.1) is 5.92 Å². The molecular weight excluding hydrogens is 230 g/mol. The molecule has 1 aliphatic heterocycles. The number of β-amino-alcohol motifs (C(OH)–C–C–N with tert-alkyl or cyclic N) is 1. The summed E-state index contributed by atoms with van der Waals surface area (Å²) in [5.74, 6) is -0.0249. The normalized spacial score (nSPS) is 17.7. The Bertz CT molecular complexity index is 479. The Hall–Kier alpha value is -1.75. The molecule has 0 bridgehead atoms. The van der Waals surface area contributed by atoms with Crippen LogP contribution in [0.15, 0.2) is 18.2 Å². The van der Waals surface area contributed by atoms with Crippen LogP contribution in [0.2, 0.25) is 0 Å². The zero-order valence-corrected chi connectivity index (χ0v) is 10.7. The number of benzene rings is 1. The minimum Gasteiger partial charge on any atom is -0.399 e. The minimum absolute atomic E-state index is 0.130. The van der Waals surface area contributed by atoms with Gasteiger partial charge in [-0.25, -0.2) is 0 Å². The second kappa shape index (κ2) is 4.17. The van der Waals surface area contributed by atoms with Gasteiger partial charge in [-0.2, -0.15) is 0 Å². The van der Waals surface area contributed by atoms with Crippen molar-refractivity contribution in [1.82, 2.24) is 4.90 Å². The van der Waals surface area contributed by atoms with Gasteiger partial charge in [0.25, 0.3) is 5.91 Å². The first-order valence-electron chi connectivity index (χ1n) is 6.00. The summed E-state index contributed by atoms with van der Waals surface area (Å²) in [6, 6.07) is 4.85. The zero-order valence-electron chi connectivity index (χ0n) is 10.7. The summed E-state index contributed by atoms with van der Waals surface area (Å²) in [6.45, 7) is 4.60. The number of nitrogen functional groups attached to an aromatic ring is 2. The van der Waals surface area contributed by atoms with Gasteiger partial charge in [-0.1, -0.05) is 13.8 Å². The molecule has 98 valence electrons. The maximum absolute atomic E-state index is 12.2. The molecule has 1 amide bonds. The first kappa shape index (κ1) is 12.7. The van der Waals surface area contributed by atoms with Crippen molar-refractivity contribution in [2.45, 2.75) is 19.4 Å². The van der Waals surface area contributed by atoms with E-state index in [4.69, 9.17) is 11.5 Å². The molecule has 18 heavy (non-hydrogen) atoms. The van der Waals surface area contributed by atoms with E-state index in [-0.39, 0.29) is 11.8 Å². The molecule has 0 unspecified atom stereocenters. The van der Waals surface area contributed by atoms with E-state index in [1.807, 2.05) is 13.8 Å². The zero-order chi connectivity index (χ0) is 13.5. The fraction of sp³-hybridized carbons (Fsp3) is 0.462. The van der Waals surface area contributed by atoms with Crippen molar-refractivity contribution in [3.63, 3.8) is 0 Å². The summed E-state index contributed by atoms with van der Waals surface area (Å²) in [7, 11) is 0. The van der Waals surface area contributed by atoms with Gasteiger partial charge in [0.1, 0.15) is 5.60 Å². The first-order valence-corrected chi connectivity index (χ1v) is 6.00. The Morgan fingerprint density at radius 3 is 2.50 bits per heavy atom. The van der Waals surface area contributed by atoms with E-state index in [9.17, 15) is 9.90 Å². The highest BCUT2D eigenvalue weighted by molar-refractivity contribution is 6.00. The monoisotopic (exact) mass is 249 g/mol. The van der Waals surface area contributed by atoms with Crippen molar-refractivity contribution < 1.29 is 9.90 Å². The van der Waals surface area contributed by atoms with Gasteiger partial charge in [-0.15, -0.1) is 0 Å². The van der Waals surface area contributed by atoms with Gasteiger partial charge in [0.15, 0.2) is 0 Å². The molecule has 2 rings (SSSR count). The van der Waals surface area contributed by atoms with Gasteiger partial charge < -0.3 is 21.5 Å². The van der Waals surface area contributed by atoms with E-state index in [1.165, 1.54) is 0 Å². The highest BCUT2D eigenvalue weighted by Crippen LogP contribution is 2.30. The third-order valence-corrected chi connectivity index (χ3v) is 3.60. The summed E-state index contributed by atoms with van der Waals surface area (Å²) in [5, 5.41) is 10.1. The summed E-state index contributed by atoms with van der Waals surface area (Å²) in [6.07, 6.45) is 0. The number of carbonyl (C=O) groups excluding carboxylic acids is 1. The number of carbonyl (C=O) groups is 1. The largest absolute Gasteiger partial charge is 0.399 e. The van der Waals surface area contributed by atoms with Crippen molar-refractivity contribution in [3.05, 3.63) is 23.8 Å². The van der Waals surface area contributed by atoms with Crippen molar-refractivity contribution in [3.8, 4) is 0 Å². The summed E-state index contributed by atoms with van der Waals surface area (Å²) in [5.41, 5.74) is 11.9. The fourth-order valence-corrected chi connectivity index (χ4v) is 2.07. The minimum atomic E-state index is -0.766. The van der Waals surface area contributed by atoms with Gasteiger partial charge in [-0.05, 0) is 24.1 Å². The quantitative estimate of drug-likeness (QED) is 0.672. The van der Waals surface area contributed by atoms with Crippen LogP contribution in [-0.4, -0.2) is 34.6 Å². The third kappa shape index (κ3) is 2.01. The molecule has 5 nitrogen and oxygen atoms in total. The van der Waals surface area contributed by atoms with Gasteiger partial charge in [0.2, 0.25) is 0 Å². The number of hydrogen-bond donors (Lipinski definition) is 3. The Labute approximate surface area is 106 Å². The number of amides is 1. The lowest BCUT2D eigenvalue weighted by atomic mass is 9.82. The lowest BCUT2D eigenvalue weighted by Gasteiger charge is -2.49. The van der Waals surface area contributed by atoms with Gasteiger partial charge in [-0.3, -0.25) is 4.79 Å². The number of likely N-dealkylation sites (tertiary alicyclic amines) is 1. The number of hydrogen-bond acceptors (Lipinski definition) is 4. The van der Waals surface area contributed by atoms with Gasteiger partial charge in [0.05, 0.1) is 18.7 Å². The lowest BCUT2D eigenvalue weighted by Crippen LogP contribution is -2.66. The van der Waals surface area contributed by atoms with Crippen molar-refractivity contribution in [2.75, 3.05) is 24.6 Å². The second-order valence-electron chi connectivity index (χ2n) is 5.27. The molecule has 0 radical (unpaired) electrons. The molecule has 0 spiro atoms. The first-order chi connectivity index (χ1) is 8.33. The molecule has 1 heterocycles. The van der Waals surface area contributed by atoms with E-state index >= 15 is 0 Å². The molecule has 1 aliphatic rings. The van der Waals surface area contributed by atoms with Crippen LogP contribution in [0.25, 0.3) is 0 Å². The number of aliphatic hydroxyl groups is 1. The number of nitrogens with two attached hydrogens (primary N) is 2. The maximum atomic E-state index is 12.2. The van der Waals surface area contributed by atoms with Gasteiger partial charge in [0, 0.05) is 11.4 Å². The summed E-state index contributed by atoms with van der Waals surface area (Å²) >= 11 is 0. The Morgan fingerprint density at radius 1 is 1.39 bits per heavy atom. The van der Waals surface area contributed by atoms with Crippen LogP contribution in [-0.2, 0) is 0 Å². The van der Waals surface area contributed by atoms with Crippen LogP contribution in [0.1, 0.15) is 24.2 Å². The Kier molecular flexibility index (Phi) is 2.94. The Morgan fingerprint density at radius 2 is 2.00 bits per heavy atom. The third-order valence-electron chi connectivity index (χ3n) is 3.60. The number of rotatable bonds is 2. The van der Waals surface area contributed by atoms with E-state index < -0.39 is 5.60 Å². The van der Waals surface area contributed by atoms with Crippen LogP contribution < -0.4 is 11.5 Å². The number of anilines is 2. The standard InChI is InChI=1S/C13H19N3O2/c1-8(2)13(18)6-16(7-13)12(17)10-4-3-9(14)5-11(10)15/h3-5,8,18H,6-7,14-15H2,1-2H3. The van der Waals surface area contributed by atoms with E-state index in [2.05, 4.69) is 0 Å². The molecule has 1 saturated heterocycles. The molecule has 1 fully saturated rings.